The van der Waals surface area contributed by atoms with E-state index in [0.29, 0.717) is 29.4 Å². The van der Waals surface area contributed by atoms with Crippen LogP contribution in [0.15, 0.2) is 65.8 Å². The maximum atomic E-state index is 12.7. The summed E-state index contributed by atoms with van der Waals surface area (Å²) >= 11 is 7.90. The second-order valence-corrected chi connectivity index (χ2v) is 8.68. The van der Waals surface area contributed by atoms with E-state index in [1.165, 1.54) is 11.8 Å². The number of carbonyl (C=O) groups is 2. The van der Waals surface area contributed by atoms with Crippen molar-refractivity contribution in [2.24, 2.45) is 0 Å². The molecule has 1 aliphatic rings. The van der Waals surface area contributed by atoms with Crippen molar-refractivity contribution in [2.45, 2.75) is 23.8 Å². The number of nitrogens with zero attached hydrogens (tertiary/aromatic N) is 2. The first-order chi connectivity index (χ1) is 14.6. The van der Waals surface area contributed by atoms with Gasteiger partial charge in [-0.25, -0.2) is 0 Å². The Hall–Kier alpha value is -2.57. The molecular formula is C23H22ClN3O2S. The number of halogens is 1. The Morgan fingerprint density at radius 3 is 2.60 bits per heavy atom. The molecule has 0 bridgehead atoms. The topological polar surface area (TPSA) is 62.3 Å². The predicted molar refractivity (Wildman–Crippen MR) is 121 cm³/mol. The number of hydrogen-bond donors (Lipinski definition) is 1. The van der Waals surface area contributed by atoms with Crippen LogP contribution < -0.4 is 5.32 Å². The third-order valence-corrected chi connectivity index (χ3v) is 6.63. The van der Waals surface area contributed by atoms with Crippen LogP contribution in [-0.4, -0.2) is 46.6 Å². The molecule has 1 fully saturated rings. The number of likely N-dealkylation sites (tertiary alicyclic amines) is 1. The smallest absolute Gasteiger partial charge is 0.253 e. The molecule has 0 radical (unpaired) electrons. The molecule has 0 spiro atoms. The predicted octanol–water partition coefficient (Wildman–Crippen LogP) is 4.40. The van der Waals surface area contributed by atoms with Gasteiger partial charge >= 0.3 is 0 Å². The van der Waals surface area contributed by atoms with Gasteiger partial charge in [-0.2, -0.15) is 0 Å². The monoisotopic (exact) mass is 439 g/mol. The fraction of sp³-hybridized carbons (Fsp3) is 0.261. The van der Waals surface area contributed by atoms with Gasteiger partial charge in [-0.05, 0) is 42.5 Å². The second-order valence-electron chi connectivity index (χ2n) is 7.25. The summed E-state index contributed by atoms with van der Waals surface area (Å²) in [6.07, 6.45) is 4.71. The molecule has 0 unspecified atom stereocenters. The van der Waals surface area contributed by atoms with Crippen LogP contribution in [0.1, 0.15) is 23.2 Å². The summed E-state index contributed by atoms with van der Waals surface area (Å²) in [5, 5.41) is 5.81. The molecule has 1 N–H and O–H groups in total. The molecule has 2 heterocycles. The Morgan fingerprint density at radius 2 is 1.87 bits per heavy atom. The van der Waals surface area contributed by atoms with Crippen molar-refractivity contribution in [3.05, 3.63) is 71.5 Å². The van der Waals surface area contributed by atoms with E-state index < -0.39 is 0 Å². The Kier molecular flexibility index (Phi) is 6.55. The van der Waals surface area contributed by atoms with E-state index >= 15 is 0 Å². The van der Waals surface area contributed by atoms with E-state index in [0.717, 1.165) is 28.5 Å². The van der Waals surface area contributed by atoms with Gasteiger partial charge < -0.3 is 10.2 Å². The van der Waals surface area contributed by atoms with Crippen LogP contribution in [0.25, 0.3) is 10.8 Å². The van der Waals surface area contributed by atoms with Gasteiger partial charge in [0.15, 0.2) is 0 Å². The summed E-state index contributed by atoms with van der Waals surface area (Å²) in [6.45, 7) is 1.29. The first kappa shape index (κ1) is 20.7. The van der Waals surface area contributed by atoms with Crippen LogP contribution in [-0.2, 0) is 4.79 Å². The Bertz CT molecular complexity index is 1050. The molecule has 0 aliphatic carbocycles. The third kappa shape index (κ3) is 4.77. The van der Waals surface area contributed by atoms with Crippen LogP contribution in [0.2, 0.25) is 5.02 Å². The largest absolute Gasteiger partial charge is 0.349 e. The average Bonchev–Trinajstić information content (AvgIpc) is 2.78. The van der Waals surface area contributed by atoms with Gasteiger partial charge in [-0.15, -0.1) is 11.8 Å². The quantitative estimate of drug-likeness (QED) is 0.598. The molecule has 2 aromatic carbocycles. The van der Waals surface area contributed by atoms with Gasteiger partial charge in [-0.1, -0.05) is 35.9 Å². The highest BCUT2D eigenvalue weighted by Gasteiger charge is 2.24. The normalized spacial score (nSPS) is 14.6. The highest BCUT2D eigenvalue weighted by molar-refractivity contribution is 8.00. The number of piperidine rings is 1. The minimum Gasteiger partial charge on any atom is -0.349 e. The van der Waals surface area contributed by atoms with E-state index in [2.05, 4.69) is 10.3 Å². The fourth-order valence-corrected chi connectivity index (χ4v) is 5.00. The standard InChI is InChI=1S/C23H22ClN3O2S/c24-19-7-1-4-16-5-2-8-20(22(16)19)30-15-21(28)27-12-9-18(10-13-27)26-23(29)17-6-3-11-25-14-17/h1-8,11,14,18H,9-10,12-13,15H2,(H,26,29). The number of carbonyl (C=O) groups excluding carboxylic acids is 2. The zero-order valence-electron chi connectivity index (χ0n) is 16.4. The van der Waals surface area contributed by atoms with Crippen LogP contribution in [0.4, 0.5) is 0 Å². The van der Waals surface area contributed by atoms with Gasteiger partial charge in [-0.3, -0.25) is 14.6 Å². The van der Waals surface area contributed by atoms with Gasteiger partial charge in [0.1, 0.15) is 0 Å². The van der Waals surface area contributed by atoms with E-state index in [1.807, 2.05) is 41.3 Å². The van der Waals surface area contributed by atoms with Gasteiger partial charge in [0, 0.05) is 46.8 Å². The van der Waals surface area contributed by atoms with Crippen molar-refractivity contribution in [3.63, 3.8) is 0 Å². The second kappa shape index (κ2) is 9.49. The number of pyridine rings is 1. The molecule has 7 heteroatoms. The van der Waals surface area contributed by atoms with E-state index in [9.17, 15) is 9.59 Å². The maximum Gasteiger partial charge on any atom is 0.253 e. The summed E-state index contributed by atoms with van der Waals surface area (Å²) in [6, 6.07) is 15.4. The number of benzene rings is 2. The molecule has 3 aromatic rings. The lowest BCUT2D eigenvalue weighted by molar-refractivity contribution is -0.129. The Morgan fingerprint density at radius 1 is 1.10 bits per heavy atom. The SMILES string of the molecule is O=C(NC1CCN(C(=O)CSc2cccc3cccc(Cl)c23)CC1)c1cccnc1. The molecule has 4 rings (SSSR count). The number of nitrogens with one attached hydrogen (secondary N) is 1. The van der Waals surface area contributed by atoms with Crippen molar-refractivity contribution in [1.82, 2.24) is 15.2 Å². The zero-order valence-corrected chi connectivity index (χ0v) is 18.0. The molecule has 1 aromatic heterocycles. The fourth-order valence-electron chi connectivity index (χ4n) is 3.65. The summed E-state index contributed by atoms with van der Waals surface area (Å²) in [5.74, 6) is 0.370. The number of thioether (sulfide) groups is 1. The van der Waals surface area contributed by atoms with Crippen LogP contribution >= 0.6 is 23.4 Å². The number of amides is 2. The minimum absolute atomic E-state index is 0.0753. The van der Waals surface area contributed by atoms with Gasteiger partial charge in [0.25, 0.3) is 5.91 Å². The molecule has 154 valence electrons. The first-order valence-electron chi connectivity index (χ1n) is 9.90. The molecule has 0 atom stereocenters. The van der Waals surface area contributed by atoms with Gasteiger partial charge in [0.2, 0.25) is 5.91 Å². The van der Waals surface area contributed by atoms with Crippen molar-refractivity contribution in [2.75, 3.05) is 18.8 Å². The summed E-state index contributed by atoms with van der Waals surface area (Å²) in [4.78, 5) is 31.9. The van der Waals surface area contributed by atoms with E-state index in [1.54, 1.807) is 24.5 Å². The molecular weight excluding hydrogens is 418 g/mol. The van der Waals surface area contributed by atoms with Crippen molar-refractivity contribution < 1.29 is 9.59 Å². The van der Waals surface area contributed by atoms with Crippen molar-refractivity contribution in [3.8, 4) is 0 Å². The molecule has 1 saturated heterocycles. The number of rotatable bonds is 5. The highest BCUT2D eigenvalue weighted by Crippen LogP contribution is 2.33. The molecule has 1 aliphatic heterocycles. The number of fused-ring (bicyclic) bond motifs is 1. The lowest BCUT2D eigenvalue weighted by atomic mass is 10.0. The maximum absolute atomic E-state index is 12.7. The minimum atomic E-state index is -0.115. The van der Waals surface area contributed by atoms with Crippen LogP contribution in [0.5, 0.6) is 0 Å². The first-order valence-corrected chi connectivity index (χ1v) is 11.3. The molecule has 5 nitrogen and oxygen atoms in total. The Balaban J connectivity index is 1.30. The average molecular weight is 440 g/mol. The van der Waals surface area contributed by atoms with Crippen molar-refractivity contribution in [1.29, 1.82) is 0 Å². The molecule has 30 heavy (non-hydrogen) atoms. The highest BCUT2D eigenvalue weighted by atomic mass is 35.5. The molecule has 2 amide bonds. The van der Waals surface area contributed by atoms with Crippen molar-refractivity contribution >= 4 is 45.9 Å². The van der Waals surface area contributed by atoms with Crippen LogP contribution in [0.3, 0.4) is 0 Å². The van der Waals surface area contributed by atoms with E-state index in [-0.39, 0.29) is 17.9 Å². The van der Waals surface area contributed by atoms with Gasteiger partial charge in [0.05, 0.1) is 11.3 Å². The molecule has 0 saturated carbocycles. The summed E-state index contributed by atoms with van der Waals surface area (Å²) in [5.41, 5.74) is 0.557. The lowest BCUT2D eigenvalue weighted by Gasteiger charge is -2.32. The third-order valence-electron chi connectivity index (χ3n) is 5.27. The Labute approximate surface area is 184 Å². The number of aromatic nitrogens is 1. The summed E-state index contributed by atoms with van der Waals surface area (Å²) in [7, 11) is 0. The summed E-state index contributed by atoms with van der Waals surface area (Å²) < 4.78 is 0. The number of hydrogen-bond acceptors (Lipinski definition) is 4. The van der Waals surface area contributed by atoms with E-state index in [4.69, 9.17) is 11.6 Å². The van der Waals surface area contributed by atoms with Crippen LogP contribution in [0, 0.1) is 0 Å². The lowest BCUT2D eigenvalue weighted by Crippen LogP contribution is -2.47. The zero-order chi connectivity index (χ0) is 20.9.